The SMILES string of the molecule is Cc1cc(=O)c(C(=O)N2CCCC2C(=O)O)nn1-c1ccccc1[N+](=O)[O-]. The third-order valence-corrected chi connectivity index (χ3v) is 4.42. The fourth-order valence-corrected chi connectivity index (χ4v) is 3.14. The number of amides is 1. The van der Waals surface area contributed by atoms with Gasteiger partial charge in [-0.25, -0.2) is 9.48 Å². The summed E-state index contributed by atoms with van der Waals surface area (Å²) in [6, 6.07) is 5.95. The standard InChI is InChI=1S/C17H16N4O6/c1-10-9-14(22)15(16(23)19-8-4-7-13(19)17(24)25)18-20(10)11-5-2-3-6-12(11)21(26)27/h2-3,5-6,9,13H,4,7-8H2,1H3,(H,24,25). The number of likely N-dealkylation sites (tertiary alicyclic amines) is 1. The second-order valence-corrected chi connectivity index (χ2v) is 6.15. The van der Waals surface area contributed by atoms with Crippen molar-refractivity contribution in [1.82, 2.24) is 14.7 Å². The number of hydrogen-bond acceptors (Lipinski definition) is 6. The van der Waals surface area contributed by atoms with Crippen LogP contribution in [-0.4, -0.2) is 49.2 Å². The second-order valence-electron chi connectivity index (χ2n) is 6.15. The molecule has 0 saturated carbocycles. The molecular weight excluding hydrogens is 356 g/mol. The van der Waals surface area contributed by atoms with Gasteiger partial charge in [0, 0.05) is 24.4 Å². The number of aryl methyl sites for hydroxylation is 1. The van der Waals surface area contributed by atoms with Crippen molar-refractivity contribution in [2.75, 3.05) is 6.54 Å². The molecule has 140 valence electrons. The van der Waals surface area contributed by atoms with Crippen LogP contribution in [0.3, 0.4) is 0 Å². The van der Waals surface area contributed by atoms with E-state index in [1.807, 2.05) is 0 Å². The van der Waals surface area contributed by atoms with Gasteiger partial charge in [0.2, 0.25) is 5.43 Å². The summed E-state index contributed by atoms with van der Waals surface area (Å²) in [5.41, 5.74) is -0.956. The average molecular weight is 372 g/mol. The number of benzene rings is 1. The molecule has 0 aliphatic carbocycles. The summed E-state index contributed by atoms with van der Waals surface area (Å²) in [4.78, 5) is 48.2. The first-order valence-electron chi connectivity index (χ1n) is 8.20. The molecule has 1 amide bonds. The summed E-state index contributed by atoms with van der Waals surface area (Å²) in [6.07, 6.45) is 0.804. The fourth-order valence-electron chi connectivity index (χ4n) is 3.14. The van der Waals surface area contributed by atoms with Gasteiger partial charge in [0.15, 0.2) is 5.69 Å². The van der Waals surface area contributed by atoms with Gasteiger partial charge in [-0.15, -0.1) is 0 Å². The van der Waals surface area contributed by atoms with Crippen LogP contribution in [0.4, 0.5) is 5.69 Å². The Kier molecular flexibility index (Phi) is 4.72. The normalized spacial score (nSPS) is 16.3. The number of carbonyl (C=O) groups is 2. The van der Waals surface area contributed by atoms with Crippen molar-refractivity contribution in [3.63, 3.8) is 0 Å². The number of carboxylic acid groups (broad SMARTS) is 1. The zero-order valence-electron chi connectivity index (χ0n) is 14.4. The van der Waals surface area contributed by atoms with Crippen LogP contribution in [0.15, 0.2) is 35.1 Å². The lowest BCUT2D eigenvalue weighted by Gasteiger charge is -2.21. The van der Waals surface area contributed by atoms with E-state index in [2.05, 4.69) is 5.10 Å². The van der Waals surface area contributed by atoms with Crippen molar-refractivity contribution < 1.29 is 19.6 Å². The molecule has 1 atom stereocenters. The average Bonchev–Trinajstić information content (AvgIpc) is 3.11. The maximum absolute atomic E-state index is 12.7. The molecule has 1 aliphatic rings. The largest absolute Gasteiger partial charge is 0.480 e. The molecule has 1 aromatic heterocycles. The van der Waals surface area contributed by atoms with Gasteiger partial charge in [-0.1, -0.05) is 12.1 Å². The summed E-state index contributed by atoms with van der Waals surface area (Å²) in [5, 5.41) is 24.6. The van der Waals surface area contributed by atoms with Gasteiger partial charge in [-0.3, -0.25) is 19.7 Å². The van der Waals surface area contributed by atoms with Gasteiger partial charge in [-0.2, -0.15) is 5.10 Å². The van der Waals surface area contributed by atoms with Crippen LogP contribution >= 0.6 is 0 Å². The third kappa shape index (κ3) is 3.28. The van der Waals surface area contributed by atoms with Gasteiger partial charge in [0.1, 0.15) is 11.7 Å². The predicted octanol–water partition coefficient (Wildman–Crippen LogP) is 1.14. The topological polar surface area (TPSA) is 136 Å². The Balaban J connectivity index is 2.11. The number of rotatable bonds is 4. The number of nitrogens with zero attached hydrogens (tertiary/aromatic N) is 4. The van der Waals surface area contributed by atoms with Crippen molar-refractivity contribution in [2.45, 2.75) is 25.8 Å². The quantitative estimate of drug-likeness (QED) is 0.628. The van der Waals surface area contributed by atoms with Gasteiger partial charge in [-0.05, 0) is 25.8 Å². The molecule has 2 heterocycles. The van der Waals surface area contributed by atoms with E-state index >= 15 is 0 Å². The van der Waals surface area contributed by atoms with E-state index < -0.39 is 34.0 Å². The second kappa shape index (κ2) is 6.98. The summed E-state index contributed by atoms with van der Waals surface area (Å²) < 4.78 is 1.15. The minimum Gasteiger partial charge on any atom is -0.480 e. The molecule has 10 nitrogen and oxygen atoms in total. The Bertz CT molecular complexity index is 999. The molecule has 1 fully saturated rings. The molecule has 0 bridgehead atoms. The number of nitro benzene ring substituents is 1. The van der Waals surface area contributed by atoms with Crippen molar-refractivity contribution in [3.05, 3.63) is 62.1 Å². The molecule has 0 spiro atoms. The van der Waals surface area contributed by atoms with E-state index in [4.69, 9.17) is 0 Å². The van der Waals surface area contributed by atoms with Crippen molar-refractivity contribution in [1.29, 1.82) is 0 Å². The summed E-state index contributed by atoms with van der Waals surface area (Å²) in [5.74, 6) is -1.94. The highest BCUT2D eigenvalue weighted by atomic mass is 16.6. The Morgan fingerprint density at radius 2 is 2.04 bits per heavy atom. The van der Waals surface area contributed by atoms with Gasteiger partial charge >= 0.3 is 5.97 Å². The number of nitro groups is 1. The zero-order valence-corrected chi connectivity index (χ0v) is 14.4. The molecule has 3 rings (SSSR count). The van der Waals surface area contributed by atoms with Gasteiger partial charge < -0.3 is 10.0 Å². The Hall–Kier alpha value is -3.56. The number of carbonyl (C=O) groups excluding carboxylic acids is 1. The maximum atomic E-state index is 12.7. The highest BCUT2D eigenvalue weighted by Crippen LogP contribution is 2.23. The van der Waals surface area contributed by atoms with E-state index in [-0.39, 0.29) is 17.9 Å². The van der Waals surface area contributed by atoms with E-state index in [1.165, 1.54) is 25.1 Å². The molecule has 1 aliphatic heterocycles. The first-order chi connectivity index (χ1) is 12.8. The predicted molar refractivity (Wildman–Crippen MR) is 92.9 cm³/mol. The van der Waals surface area contributed by atoms with Gasteiger partial charge in [0.05, 0.1) is 4.92 Å². The summed E-state index contributed by atoms with van der Waals surface area (Å²) in [6.45, 7) is 1.74. The monoisotopic (exact) mass is 372 g/mol. The molecule has 1 unspecified atom stereocenters. The third-order valence-electron chi connectivity index (χ3n) is 4.42. The first kappa shape index (κ1) is 18.2. The van der Waals surface area contributed by atoms with Crippen molar-refractivity contribution in [3.8, 4) is 5.69 Å². The van der Waals surface area contributed by atoms with Crippen molar-refractivity contribution >= 4 is 17.6 Å². The molecule has 1 N–H and O–H groups in total. The maximum Gasteiger partial charge on any atom is 0.326 e. The summed E-state index contributed by atoms with van der Waals surface area (Å²) in [7, 11) is 0. The molecular formula is C17H16N4O6. The lowest BCUT2D eigenvalue weighted by Crippen LogP contribution is -2.43. The lowest BCUT2D eigenvalue weighted by atomic mass is 10.2. The molecule has 27 heavy (non-hydrogen) atoms. The van der Waals surface area contributed by atoms with E-state index in [9.17, 15) is 29.6 Å². The molecule has 0 radical (unpaired) electrons. The Labute approximate surface area is 152 Å². The smallest absolute Gasteiger partial charge is 0.326 e. The van der Waals surface area contributed by atoms with Crippen LogP contribution in [0.1, 0.15) is 29.0 Å². The number of aliphatic carboxylic acids is 1. The van der Waals surface area contributed by atoms with Gasteiger partial charge in [0.25, 0.3) is 11.6 Å². The van der Waals surface area contributed by atoms with Crippen LogP contribution in [0.5, 0.6) is 0 Å². The van der Waals surface area contributed by atoms with Crippen LogP contribution in [-0.2, 0) is 4.79 Å². The van der Waals surface area contributed by atoms with Crippen LogP contribution in [0, 0.1) is 17.0 Å². The van der Waals surface area contributed by atoms with Crippen LogP contribution < -0.4 is 5.43 Å². The van der Waals surface area contributed by atoms with E-state index in [1.54, 1.807) is 6.07 Å². The minimum absolute atomic E-state index is 0.102. The number of aromatic nitrogens is 2. The van der Waals surface area contributed by atoms with Crippen LogP contribution in [0.2, 0.25) is 0 Å². The fraction of sp³-hybridized carbons (Fsp3) is 0.294. The number of carboxylic acids is 1. The minimum atomic E-state index is -1.15. The molecule has 10 heteroatoms. The first-order valence-corrected chi connectivity index (χ1v) is 8.20. The molecule has 1 aromatic carbocycles. The van der Waals surface area contributed by atoms with Crippen LogP contribution in [0.25, 0.3) is 5.69 Å². The van der Waals surface area contributed by atoms with Crippen molar-refractivity contribution in [2.24, 2.45) is 0 Å². The number of hydrogen-bond donors (Lipinski definition) is 1. The highest BCUT2D eigenvalue weighted by molar-refractivity contribution is 5.95. The Morgan fingerprint density at radius 3 is 2.70 bits per heavy atom. The number of para-hydroxylation sites is 2. The van der Waals surface area contributed by atoms with E-state index in [0.717, 1.165) is 15.6 Å². The molecule has 2 aromatic rings. The lowest BCUT2D eigenvalue weighted by molar-refractivity contribution is -0.384. The summed E-state index contributed by atoms with van der Waals surface area (Å²) >= 11 is 0. The molecule has 1 saturated heterocycles. The van der Waals surface area contributed by atoms with E-state index in [0.29, 0.717) is 18.5 Å². The Morgan fingerprint density at radius 1 is 1.33 bits per heavy atom. The zero-order chi connectivity index (χ0) is 19.7. The highest BCUT2D eigenvalue weighted by Gasteiger charge is 2.36.